The Hall–Kier alpha value is -2.83. The van der Waals surface area contributed by atoms with Crippen LogP contribution in [0.2, 0.25) is 0 Å². The first-order chi connectivity index (χ1) is 12.3. The normalized spacial score (nSPS) is 11.8. The Morgan fingerprint density at radius 2 is 1.67 bits per heavy atom. The van der Waals surface area contributed by atoms with Crippen LogP contribution >= 0.6 is 11.3 Å². The van der Waals surface area contributed by atoms with Gasteiger partial charge in [-0.1, -0.05) is 0 Å². The molecule has 3 amide bonds. The molecule has 0 aliphatic rings. The quantitative estimate of drug-likeness (QED) is 0.734. The third kappa shape index (κ3) is 5.84. The van der Waals surface area contributed by atoms with Gasteiger partial charge in [0.05, 0.1) is 5.01 Å². The molecular weight excluding hydrogens is 404 g/mol. The molecule has 2 rings (SSSR count). The number of rotatable bonds is 3. The van der Waals surface area contributed by atoms with Crippen LogP contribution in [0.3, 0.4) is 0 Å². The first-order valence-electron chi connectivity index (χ1n) is 6.88. The molecule has 2 N–H and O–H groups in total. The zero-order valence-corrected chi connectivity index (χ0v) is 14.0. The summed E-state index contributed by atoms with van der Waals surface area (Å²) in [5, 5.41) is 3.77. The molecule has 27 heavy (non-hydrogen) atoms. The number of urea groups is 1. The zero-order valence-electron chi connectivity index (χ0n) is 13.2. The van der Waals surface area contributed by atoms with Crippen LogP contribution in [0.15, 0.2) is 24.3 Å². The van der Waals surface area contributed by atoms with Gasteiger partial charge in [-0.05, 0) is 31.2 Å². The summed E-state index contributed by atoms with van der Waals surface area (Å²) in [6.07, 6.45) is -9.76. The fourth-order valence-electron chi connectivity index (χ4n) is 1.84. The summed E-state index contributed by atoms with van der Waals surface area (Å²) in [5.41, 5.74) is -1.43. The number of thiazole rings is 1. The van der Waals surface area contributed by atoms with Gasteiger partial charge in [-0.15, -0.1) is 24.5 Å². The van der Waals surface area contributed by atoms with Gasteiger partial charge in [0.25, 0.3) is 5.91 Å². The van der Waals surface area contributed by atoms with Crippen molar-refractivity contribution in [2.75, 3.05) is 5.32 Å². The van der Waals surface area contributed by atoms with Gasteiger partial charge in [0, 0.05) is 5.69 Å². The second-order valence-corrected chi connectivity index (χ2v) is 6.09. The standard InChI is InChI=1S/C14H9F6N3O3S/c1-6-21-10(13(15,16)17)9(27-6)11(24)23-12(25)22-7-2-4-8(5-3-7)26-14(18,19)20/h2-5H,1H3,(H2,22,23,24,25). The van der Waals surface area contributed by atoms with Crippen LogP contribution < -0.4 is 15.4 Å². The number of hydrogen-bond donors (Lipinski definition) is 2. The van der Waals surface area contributed by atoms with Gasteiger partial charge >= 0.3 is 18.6 Å². The molecule has 0 bridgehead atoms. The smallest absolute Gasteiger partial charge is 0.406 e. The molecule has 2 aromatic rings. The molecule has 1 heterocycles. The monoisotopic (exact) mass is 413 g/mol. The van der Waals surface area contributed by atoms with Gasteiger partial charge in [0.15, 0.2) is 5.69 Å². The maximum Gasteiger partial charge on any atom is 0.573 e. The largest absolute Gasteiger partial charge is 0.573 e. The van der Waals surface area contributed by atoms with E-state index in [9.17, 15) is 35.9 Å². The van der Waals surface area contributed by atoms with Crippen LogP contribution in [0.5, 0.6) is 5.75 Å². The highest BCUT2D eigenvalue weighted by atomic mass is 32.1. The average Bonchev–Trinajstić information content (AvgIpc) is 2.90. The van der Waals surface area contributed by atoms with Gasteiger partial charge in [-0.3, -0.25) is 10.1 Å². The fraction of sp³-hybridized carbons (Fsp3) is 0.214. The van der Waals surface area contributed by atoms with E-state index in [1.165, 1.54) is 6.92 Å². The molecule has 0 atom stereocenters. The van der Waals surface area contributed by atoms with E-state index in [-0.39, 0.29) is 10.7 Å². The number of nitrogens with zero attached hydrogens (tertiary/aromatic N) is 1. The van der Waals surface area contributed by atoms with Gasteiger partial charge < -0.3 is 10.1 Å². The highest BCUT2D eigenvalue weighted by Crippen LogP contribution is 2.34. The number of aryl methyl sites for hydroxylation is 1. The van der Waals surface area contributed by atoms with Crippen molar-refractivity contribution in [2.24, 2.45) is 0 Å². The Morgan fingerprint density at radius 1 is 1.07 bits per heavy atom. The van der Waals surface area contributed by atoms with Crippen molar-refractivity contribution in [3.8, 4) is 5.75 Å². The van der Waals surface area contributed by atoms with Gasteiger partial charge in [0.2, 0.25) is 0 Å². The number of hydrogen-bond acceptors (Lipinski definition) is 5. The summed E-state index contributed by atoms with van der Waals surface area (Å²) in [6.45, 7) is 1.27. The number of benzene rings is 1. The van der Waals surface area contributed by atoms with Crippen LogP contribution in [0.1, 0.15) is 20.4 Å². The first kappa shape index (κ1) is 20.5. The lowest BCUT2D eigenvalue weighted by Gasteiger charge is -2.10. The third-order valence-corrected chi connectivity index (χ3v) is 3.75. The molecule has 0 fully saturated rings. The van der Waals surface area contributed by atoms with Crippen molar-refractivity contribution in [1.29, 1.82) is 0 Å². The van der Waals surface area contributed by atoms with Crippen molar-refractivity contribution in [2.45, 2.75) is 19.5 Å². The van der Waals surface area contributed by atoms with Crippen molar-refractivity contribution < 1.29 is 40.7 Å². The Balaban J connectivity index is 2.03. The lowest BCUT2D eigenvalue weighted by atomic mass is 10.3. The van der Waals surface area contributed by atoms with E-state index in [1.807, 2.05) is 0 Å². The predicted octanol–water partition coefficient (Wildman–Crippen LogP) is 4.33. The first-order valence-corrected chi connectivity index (χ1v) is 7.69. The van der Waals surface area contributed by atoms with E-state index in [0.29, 0.717) is 11.3 Å². The Morgan fingerprint density at radius 3 is 2.19 bits per heavy atom. The Labute approximate surface area is 151 Å². The number of nitrogens with one attached hydrogen (secondary N) is 2. The summed E-state index contributed by atoms with van der Waals surface area (Å²) >= 11 is 0.459. The molecule has 0 spiro atoms. The maximum absolute atomic E-state index is 12.8. The predicted molar refractivity (Wildman–Crippen MR) is 81.5 cm³/mol. The number of anilines is 1. The van der Waals surface area contributed by atoms with E-state index in [4.69, 9.17) is 0 Å². The summed E-state index contributed by atoms with van der Waals surface area (Å²) in [7, 11) is 0. The third-order valence-electron chi connectivity index (χ3n) is 2.78. The minimum atomic E-state index is -4.89. The molecule has 0 unspecified atom stereocenters. The van der Waals surface area contributed by atoms with E-state index >= 15 is 0 Å². The Kier molecular flexibility index (Phi) is 5.63. The number of carbonyl (C=O) groups excluding carboxylic acids is 2. The molecule has 0 saturated carbocycles. The summed E-state index contributed by atoms with van der Waals surface area (Å²) < 4.78 is 78.3. The van der Waals surface area contributed by atoms with Crippen LogP contribution in [0.4, 0.5) is 36.8 Å². The molecule has 13 heteroatoms. The summed E-state index contributed by atoms with van der Waals surface area (Å²) in [4.78, 5) is 26.1. The number of imide groups is 1. The van der Waals surface area contributed by atoms with E-state index in [2.05, 4.69) is 15.0 Å². The van der Waals surface area contributed by atoms with Crippen molar-refractivity contribution in [3.05, 3.63) is 39.8 Å². The lowest BCUT2D eigenvalue weighted by molar-refractivity contribution is -0.274. The second-order valence-electron chi connectivity index (χ2n) is 4.89. The van der Waals surface area contributed by atoms with Crippen molar-refractivity contribution in [1.82, 2.24) is 10.3 Å². The van der Waals surface area contributed by atoms with E-state index in [1.54, 1.807) is 5.32 Å². The molecule has 146 valence electrons. The highest BCUT2D eigenvalue weighted by Gasteiger charge is 2.39. The Bertz CT molecular complexity index is 845. The molecule has 0 saturated heterocycles. The number of aromatic nitrogens is 1. The van der Waals surface area contributed by atoms with E-state index in [0.717, 1.165) is 24.3 Å². The van der Waals surface area contributed by atoms with Crippen LogP contribution in [0.25, 0.3) is 0 Å². The topological polar surface area (TPSA) is 80.3 Å². The SMILES string of the molecule is Cc1nc(C(F)(F)F)c(C(=O)NC(=O)Nc2ccc(OC(F)(F)F)cc2)s1. The average molecular weight is 413 g/mol. The van der Waals surface area contributed by atoms with Crippen LogP contribution in [-0.2, 0) is 6.18 Å². The molecular formula is C14H9F6N3O3S. The van der Waals surface area contributed by atoms with E-state index < -0.39 is 40.8 Å². The lowest BCUT2D eigenvalue weighted by Crippen LogP contribution is -2.34. The molecule has 0 aliphatic carbocycles. The number of ether oxygens (including phenoxy) is 1. The number of carbonyl (C=O) groups is 2. The molecule has 1 aromatic heterocycles. The minimum Gasteiger partial charge on any atom is -0.406 e. The summed E-state index contributed by atoms with van der Waals surface area (Å²) in [6, 6.07) is 2.72. The van der Waals surface area contributed by atoms with Crippen LogP contribution in [0, 0.1) is 6.92 Å². The highest BCUT2D eigenvalue weighted by molar-refractivity contribution is 7.13. The summed E-state index contributed by atoms with van der Waals surface area (Å²) in [5.74, 6) is -1.86. The zero-order chi connectivity index (χ0) is 20.4. The number of amides is 3. The molecule has 1 aromatic carbocycles. The van der Waals surface area contributed by atoms with Crippen molar-refractivity contribution >= 4 is 29.0 Å². The number of alkyl halides is 6. The van der Waals surface area contributed by atoms with Gasteiger partial charge in [-0.2, -0.15) is 13.2 Å². The van der Waals surface area contributed by atoms with Gasteiger partial charge in [0.1, 0.15) is 10.6 Å². The van der Waals surface area contributed by atoms with Crippen molar-refractivity contribution in [3.63, 3.8) is 0 Å². The minimum absolute atomic E-state index is 0.0202. The second kappa shape index (κ2) is 7.42. The molecule has 0 radical (unpaired) electrons. The number of halogens is 6. The molecule has 0 aliphatic heterocycles. The van der Waals surface area contributed by atoms with Crippen LogP contribution in [-0.4, -0.2) is 23.3 Å². The van der Waals surface area contributed by atoms with Gasteiger partial charge in [-0.25, -0.2) is 9.78 Å². The fourth-order valence-corrected chi connectivity index (χ4v) is 2.67. The maximum atomic E-state index is 12.8. The molecule has 6 nitrogen and oxygen atoms in total.